The van der Waals surface area contributed by atoms with Gasteiger partial charge in [-0.15, -0.1) is 0 Å². The molecule has 1 aliphatic heterocycles. The molecule has 33 heavy (non-hydrogen) atoms. The van der Waals surface area contributed by atoms with Gasteiger partial charge in [-0.3, -0.25) is 9.35 Å². The average Bonchev–Trinajstić information content (AvgIpc) is 3.05. The molecule has 3 rings (SSSR count). The Morgan fingerprint density at radius 3 is 2.52 bits per heavy atom. The van der Waals surface area contributed by atoms with Crippen molar-refractivity contribution in [2.45, 2.75) is 34.8 Å². The van der Waals surface area contributed by atoms with Gasteiger partial charge in [0.15, 0.2) is 9.84 Å². The number of ether oxygens (including phenoxy) is 1. The number of benzene rings is 2. The summed E-state index contributed by atoms with van der Waals surface area (Å²) in [6.07, 6.45) is 1.61. The van der Waals surface area contributed by atoms with Crippen molar-refractivity contribution in [1.29, 1.82) is 0 Å². The molecule has 10 heteroatoms. The zero-order chi connectivity index (χ0) is 24.3. The maximum absolute atomic E-state index is 14.2. The first kappa shape index (κ1) is 25.4. The predicted octanol–water partition coefficient (Wildman–Crippen LogP) is 3.32. The minimum atomic E-state index is -5.23. The first-order valence-corrected chi connectivity index (χ1v) is 14.5. The van der Waals surface area contributed by atoms with Crippen LogP contribution in [-0.2, 0) is 19.2 Å². The number of carbonyl (C=O) groups is 1. The average molecular weight is 497 g/mol. The number of hydrogen-bond acceptors (Lipinski definition) is 6. The van der Waals surface area contributed by atoms with Crippen molar-refractivity contribution in [3.8, 4) is 5.75 Å². The largest absolute Gasteiger partial charge is 0.493 e. The highest BCUT2D eigenvalue weighted by molar-refractivity contribution is 8.28. The van der Waals surface area contributed by atoms with Crippen LogP contribution in [0.5, 0.6) is 5.75 Å². The summed E-state index contributed by atoms with van der Waals surface area (Å²) in [5.41, 5.74) is 0.0970. The number of hydrogen-bond donors (Lipinski definition) is 2. The number of carbonyl (C=O) groups excluding carboxylic acids is 1. The summed E-state index contributed by atoms with van der Waals surface area (Å²) < 4.78 is 58.8. The van der Waals surface area contributed by atoms with E-state index >= 15 is 0 Å². The third kappa shape index (κ3) is 4.84. The van der Waals surface area contributed by atoms with E-state index in [1.807, 2.05) is 25.9 Å². The van der Waals surface area contributed by atoms with E-state index in [4.69, 9.17) is 4.74 Å². The number of nitrogens with one attached hydrogen (secondary N) is 1. The molecular formula is C23H32N2O6S2. The van der Waals surface area contributed by atoms with Crippen molar-refractivity contribution in [1.82, 2.24) is 10.2 Å². The highest BCUT2D eigenvalue weighted by Gasteiger charge is 2.54. The fourth-order valence-electron chi connectivity index (χ4n) is 3.84. The summed E-state index contributed by atoms with van der Waals surface area (Å²) in [6.45, 7) is 2.95. The molecule has 1 amide bonds. The van der Waals surface area contributed by atoms with Crippen molar-refractivity contribution < 1.29 is 26.7 Å². The van der Waals surface area contributed by atoms with Gasteiger partial charge in [0.2, 0.25) is 0 Å². The number of nitrogens with zero attached hydrogens (tertiary/aromatic N) is 1. The maximum Gasteiger partial charge on any atom is 0.334 e. The predicted molar refractivity (Wildman–Crippen MR) is 129 cm³/mol. The van der Waals surface area contributed by atoms with Gasteiger partial charge in [-0.25, -0.2) is 8.42 Å². The number of fused-ring (bicyclic) bond motifs is 1. The fourth-order valence-corrected chi connectivity index (χ4v) is 9.52. The van der Waals surface area contributed by atoms with Crippen LogP contribution in [0.15, 0.2) is 58.3 Å². The fraction of sp³-hybridized carbons (Fsp3) is 0.435. The molecule has 182 valence electrons. The second-order valence-electron chi connectivity index (χ2n) is 8.46. The Bertz CT molecular complexity index is 1180. The first-order valence-electron chi connectivity index (χ1n) is 10.9. The van der Waals surface area contributed by atoms with Gasteiger partial charge in [-0.1, -0.05) is 47.0 Å². The van der Waals surface area contributed by atoms with Crippen molar-refractivity contribution >= 4 is 24.4 Å². The van der Waals surface area contributed by atoms with Gasteiger partial charge < -0.3 is 15.0 Å². The summed E-state index contributed by atoms with van der Waals surface area (Å²) in [4.78, 5) is 14.8. The van der Waals surface area contributed by atoms with E-state index in [-0.39, 0.29) is 27.6 Å². The standard InChI is InChI=1S/C23H32N2O6S2/c1-4-5-16-31-19-12-9-13-21-22(19)20(32(27,28)18-10-7-6-8-11-18)17-33(21,29,30)23(26)24-14-15-25(2)3/h6-13,20H,4-5,14-17H2,1-3H3,(H,24,26)(H,29,30). The third-order valence-corrected chi connectivity index (χ3v) is 11.1. The smallest absolute Gasteiger partial charge is 0.334 e. The van der Waals surface area contributed by atoms with Crippen LogP contribution in [0.1, 0.15) is 30.6 Å². The Balaban J connectivity index is 2.13. The number of unbranched alkanes of at least 4 members (excludes halogenated alkanes) is 1. The normalized spacial score (nSPS) is 19.9. The summed E-state index contributed by atoms with van der Waals surface area (Å²) in [7, 11) is -5.68. The molecule has 1 unspecified atom stereocenters. The van der Waals surface area contributed by atoms with Gasteiger partial charge in [-0.2, -0.15) is 4.21 Å². The molecular weight excluding hydrogens is 464 g/mol. The lowest BCUT2D eigenvalue weighted by atomic mass is 10.1. The molecule has 2 aromatic rings. The van der Waals surface area contributed by atoms with Crippen molar-refractivity contribution in [3.63, 3.8) is 0 Å². The van der Waals surface area contributed by atoms with E-state index in [1.54, 1.807) is 24.3 Å². The lowest BCUT2D eigenvalue weighted by molar-refractivity contribution is 0.254. The molecule has 0 radical (unpaired) electrons. The van der Waals surface area contributed by atoms with Crippen LogP contribution in [-0.4, -0.2) is 66.9 Å². The van der Waals surface area contributed by atoms with E-state index in [0.717, 1.165) is 12.8 Å². The molecule has 0 aliphatic carbocycles. The lowest BCUT2D eigenvalue weighted by Crippen LogP contribution is -2.50. The van der Waals surface area contributed by atoms with Crippen molar-refractivity contribution in [3.05, 3.63) is 54.1 Å². The molecule has 0 saturated carbocycles. The summed E-state index contributed by atoms with van der Waals surface area (Å²) >= 11 is 0. The third-order valence-electron chi connectivity index (χ3n) is 5.67. The first-order chi connectivity index (χ1) is 15.5. The molecule has 8 nitrogen and oxygen atoms in total. The zero-order valence-corrected chi connectivity index (χ0v) is 20.8. The monoisotopic (exact) mass is 496 g/mol. The van der Waals surface area contributed by atoms with Gasteiger partial charge in [0.25, 0.3) is 0 Å². The van der Waals surface area contributed by atoms with Gasteiger partial charge in [0.1, 0.15) is 11.0 Å². The number of amides is 1. The SMILES string of the molecule is CCCCOc1cccc2c1C(S(=O)(=O)c1ccccc1)CS2(=O)(O)C(=O)NCCN(C)C. The van der Waals surface area contributed by atoms with E-state index in [1.165, 1.54) is 24.3 Å². The molecule has 0 saturated heterocycles. The number of likely N-dealkylation sites (N-methyl/N-ethyl adjacent to an activating group) is 1. The maximum atomic E-state index is 14.2. The van der Waals surface area contributed by atoms with Crippen LogP contribution < -0.4 is 10.1 Å². The number of rotatable bonds is 9. The second kappa shape index (κ2) is 9.54. The number of sulfone groups is 1. The second-order valence-corrected chi connectivity index (χ2v) is 13.9. The van der Waals surface area contributed by atoms with Crippen LogP contribution >= 0.6 is 0 Å². The summed E-state index contributed by atoms with van der Waals surface area (Å²) in [6, 6.07) is 12.2. The highest BCUT2D eigenvalue weighted by atomic mass is 32.3. The van der Waals surface area contributed by atoms with Crippen LogP contribution in [0.3, 0.4) is 0 Å². The summed E-state index contributed by atoms with van der Waals surface area (Å²) in [5.74, 6) is -0.525. The molecule has 1 aliphatic rings. The molecule has 0 aromatic heterocycles. The van der Waals surface area contributed by atoms with Gasteiger partial charge in [0, 0.05) is 18.7 Å². The van der Waals surface area contributed by atoms with E-state index in [9.17, 15) is 22.0 Å². The Morgan fingerprint density at radius 2 is 1.88 bits per heavy atom. The van der Waals surface area contributed by atoms with Crippen LogP contribution in [0.4, 0.5) is 4.79 Å². The Morgan fingerprint density at radius 1 is 1.18 bits per heavy atom. The quantitative estimate of drug-likeness (QED) is 0.512. The minimum Gasteiger partial charge on any atom is -0.493 e. The Kier molecular flexibility index (Phi) is 7.33. The molecule has 2 N–H and O–H groups in total. The molecule has 1 atom stereocenters. The van der Waals surface area contributed by atoms with Crippen molar-refractivity contribution in [2.75, 3.05) is 39.5 Å². The van der Waals surface area contributed by atoms with Gasteiger partial charge in [-0.05, 0) is 44.8 Å². The zero-order valence-electron chi connectivity index (χ0n) is 19.2. The van der Waals surface area contributed by atoms with Crippen LogP contribution in [0, 0.1) is 0 Å². The van der Waals surface area contributed by atoms with Gasteiger partial charge in [0.05, 0.1) is 22.2 Å². The van der Waals surface area contributed by atoms with E-state index < -0.39 is 35.4 Å². The molecule has 1 heterocycles. The highest BCUT2D eigenvalue weighted by Crippen LogP contribution is 2.54. The summed E-state index contributed by atoms with van der Waals surface area (Å²) in [5, 5.41) is 0.0756. The lowest BCUT2D eigenvalue weighted by Gasteiger charge is -2.37. The van der Waals surface area contributed by atoms with Crippen LogP contribution in [0.25, 0.3) is 0 Å². The Labute approximate surface area is 195 Å². The minimum absolute atomic E-state index is 0.0221. The Hall–Kier alpha value is -2.27. The van der Waals surface area contributed by atoms with Crippen LogP contribution in [0.2, 0.25) is 0 Å². The van der Waals surface area contributed by atoms with E-state index in [0.29, 0.717) is 13.2 Å². The molecule has 2 aromatic carbocycles. The molecule has 0 bridgehead atoms. The van der Waals surface area contributed by atoms with Crippen molar-refractivity contribution in [2.24, 2.45) is 0 Å². The van der Waals surface area contributed by atoms with E-state index in [2.05, 4.69) is 5.32 Å². The topological polar surface area (TPSA) is 113 Å². The molecule has 0 spiro atoms. The molecule has 0 fully saturated rings. The van der Waals surface area contributed by atoms with Gasteiger partial charge >= 0.3 is 5.24 Å².